The van der Waals surface area contributed by atoms with Crippen LogP contribution >= 0.6 is 0 Å². The molecule has 35 nitrogen and oxygen atoms in total. The molecule has 0 radical (unpaired) electrons. The van der Waals surface area contributed by atoms with Gasteiger partial charge < -0.3 is 97.2 Å². The third-order valence-corrected chi connectivity index (χ3v) is 15.5. The lowest BCUT2D eigenvalue weighted by Gasteiger charge is -2.31. The number of amides is 11. The number of ether oxygens (including phenoxy) is 1. The molecule has 0 saturated carbocycles. The number of azide groups is 1. The number of methoxy groups -OCH3 is 1. The number of halogens is 3. The first-order valence-electron chi connectivity index (χ1n) is 32.0. The molecule has 11 amide bonds. The molecule has 1 heterocycles. The molecule has 103 heavy (non-hydrogen) atoms. The number of rotatable bonds is 39. The predicted octanol–water partition coefficient (Wildman–Crippen LogP) is -1.25. The number of carbonyl (C=O) groups excluding carboxylic acids is 11. The third kappa shape index (κ3) is 30.4. The van der Waals surface area contributed by atoms with Gasteiger partial charge in [-0.05, 0) is 103 Å². The molecular weight excluding hydrogens is 1360 g/mol. The first kappa shape index (κ1) is 83.2. The number of likely N-dealkylation sites (tertiary alicyclic amines) is 1. The number of aryl methyl sites for hydroxylation is 1. The Bertz CT molecular complexity index is 3690. The highest BCUT2D eigenvalue weighted by molar-refractivity contribution is 5.99. The number of alkyl halides is 3. The number of nitrogens with two attached hydrogens (primary N) is 7. The van der Waals surface area contributed by atoms with Crippen LogP contribution < -0.4 is 82.1 Å². The van der Waals surface area contributed by atoms with E-state index in [4.69, 9.17) is 60.3 Å². The molecule has 0 aliphatic carbocycles. The maximum atomic E-state index is 14.8. The number of guanidine groups is 2. The van der Waals surface area contributed by atoms with Gasteiger partial charge in [-0.1, -0.05) is 84.0 Å². The number of aromatic hydroxyl groups is 1. The molecule has 8 atom stereocenters. The summed E-state index contributed by atoms with van der Waals surface area (Å²) in [5.74, 6) is -12.7. The van der Waals surface area contributed by atoms with Gasteiger partial charge in [-0.15, -0.1) is 0 Å². The van der Waals surface area contributed by atoms with Crippen molar-refractivity contribution in [1.29, 1.82) is 0 Å². The lowest BCUT2D eigenvalue weighted by atomic mass is 10.0. The van der Waals surface area contributed by atoms with E-state index in [1.165, 1.54) is 36.3 Å². The highest BCUT2D eigenvalue weighted by Gasteiger charge is 2.41. The Labute approximate surface area is 588 Å². The summed E-state index contributed by atoms with van der Waals surface area (Å²) < 4.78 is 37.0. The largest absolute Gasteiger partial charge is 0.508 e. The van der Waals surface area contributed by atoms with Crippen LogP contribution in [0.15, 0.2) is 118 Å². The minimum Gasteiger partial charge on any atom is -0.508 e. The molecule has 23 N–H and O–H groups in total. The molecule has 1 aliphatic heterocycles. The first-order chi connectivity index (χ1) is 48.8. The fourth-order valence-corrected chi connectivity index (χ4v) is 10.3. The topological polar surface area (TPSA) is 598 Å². The second-order valence-electron chi connectivity index (χ2n) is 23.4. The number of primary amides is 3. The number of carbonyl (C=O) groups is 12. The van der Waals surface area contributed by atoms with Crippen LogP contribution in [-0.2, 0) is 83.2 Å². The molecular formula is C65H85F3N20O15. The molecule has 5 rings (SSSR count). The van der Waals surface area contributed by atoms with Crippen LogP contribution in [0.5, 0.6) is 11.5 Å². The van der Waals surface area contributed by atoms with Crippen molar-refractivity contribution in [3.05, 3.63) is 136 Å². The molecule has 0 aromatic heterocycles. The summed E-state index contributed by atoms with van der Waals surface area (Å²) in [5.41, 5.74) is 50.6. The molecule has 38 heteroatoms. The number of carboxylic acid groups (broad SMARTS) is 1. The van der Waals surface area contributed by atoms with E-state index in [0.717, 1.165) is 5.56 Å². The average molecular weight is 1440 g/mol. The van der Waals surface area contributed by atoms with Gasteiger partial charge in [0.25, 0.3) is 0 Å². The highest BCUT2D eigenvalue weighted by Crippen LogP contribution is 2.22. The van der Waals surface area contributed by atoms with Crippen LogP contribution in [0.1, 0.15) is 86.5 Å². The number of carboxylic acids is 1. The quantitative estimate of drug-likeness (QED) is 0.00620. The van der Waals surface area contributed by atoms with Crippen LogP contribution in [-0.4, -0.2) is 179 Å². The molecule has 0 bridgehead atoms. The summed E-state index contributed by atoms with van der Waals surface area (Å²) in [6.07, 6.45) is -6.84. The lowest BCUT2D eigenvalue weighted by molar-refractivity contribution is -0.192. The standard InChI is InChI=1S/C63H84N20O13.C2HF3O2/c1-96-42-24-17-39(18-25-42)34-47(74-53(87)28-19-36-13-20-40(21-14-36)81-82-71)57(91)79-48(33-37-8-3-2-4-9-37)58(92)75-44(26-27-51(64)85)56(90)80-49(35-52(65)86)59(93)77-45(11-6-30-73-63(69)70)61(95)83-31-7-12-50(83)60(94)76-43(10-5-29-72-62(67)68)55(89)78-46(54(66)88)32-38-15-22-41(84)23-16-38;3-2(4,5)1(6)7/h2-4,8-9,13-18,20-25,43-50,84H,5-7,10-12,19,26-35H2,1H3,(H2,64,85)(H2,65,86)(H2,66,88)(H,74,87)(H,75,92)(H,76,94)(H,77,93)(H,78,89)(H,79,91)(H,80,90)(H4,67,68,72)(H4,69,70,73);(H,6,7)/t43-,44-,45-,46-,47+,48-,49-,50-;/m0./s1. The van der Waals surface area contributed by atoms with Crippen molar-refractivity contribution in [2.45, 2.75) is 144 Å². The van der Waals surface area contributed by atoms with E-state index < -0.39 is 145 Å². The molecule has 4 aromatic rings. The smallest absolute Gasteiger partial charge is 0.490 e. The van der Waals surface area contributed by atoms with Crippen molar-refractivity contribution in [2.75, 3.05) is 26.7 Å². The zero-order valence-electron chi connectivity index (χ0n) is 56.0. The fourth-order valence-electron chi connectivity index (χ4n) is 10.3. The lowest BCUT2D eigenvalue weighted by Crippen LogP contribution is -2.60. The number of benzene rings is 4. The van der Waals surface area contributed by atoms with Crippen molar-refractivity contribution < 1.29 is 85.7 Å². The van der Waals surface area contributed by atoms with Gasteiger partial charge >= 0.3 is 12.1 Å². The Morgan fingerprint density at radius 3 is 1.54 bits per heavy atom. The van der Waals surface area contributed by atoms with Crippen molar-refractivity contribution in [3.63, 3.8) is 0 Å². The van der Waals surface area contributed by atoms with E-state index in [2.05, 4.69) is 57.2 Å². The van der Waals surface area contributed by atoms with Crippen LogP contribution in [0.25, 0.3) is 10.4 Å². The van der Waals surface area contributed by atoms with Gasteiger partial charge in [0.2, 0.25) is 65.0 Å². The van der Waals surface area contributed by atoms with Gasteiger partial charge in [-0.3, -0.25) is 62.7 Å². The Kier molecular flexibility index (Phi) is 33.9. The summed E-state index contributed by atoms with van der Waals surface area (Å²) >= 11 is 0. The fraction of sp³-hybridized carbons (Fsp3) is 0.415. The highest BCUT2D eigenvalue weighted by atomic mass is 19.4. The minimum absolute atomic E-state index is 0.0280. The van der Waals surface area contributed by atoms with Crippen molar-refractivity contribution in [1.82, 2.24) is 42.1 Å². The zero-order chi connectivity index (χ0) is 76.3. The van der Waals surface area contributed by atoms with Gasteiger partial charge in [0.15, 0.2) is 11.9 Å². The summed E-state index contributed by atoms with van der Waals surface area (Å²) in [5, 5.41) is 38.7. The van der Waals surface area contributed by atoms with Crippen LogP contribution in [0.3, 0.4) is 0 Å². The predicted molar refractivity (Wildman–Crippen MR) is 365 cm³/mol. The second-order valence-corrected chi connectivity index (χ2v) is 23.4. The summed E-state index contributed by atoms with van der Waals surface area (Å²) in [4.78, 5) is 173. The van der Waals surface area contributed by atoms with Gasteiger partial charge in [0.05, 0.1) is 13.5 Å². The normalized spacial score (nSPS) is 14.3. The van der Waals surface area contributed by atoms with E-state index in [1.807, 2.05) is 0 Å². The Morgan fingerprint density at radius 1 is 0.573 bits per heavy atom. The van der Waals surface area contributed by atoms with E-state index in [9.17, 15) is 71.0 Å². The molecule has 0 spiro atoms. The summed E-state index contributed by atoms with van der Waals surface area (Å²) in [6, 6.07) is 15.8. The third-order valence-electron chi connectivity index (χ3n) is 15.5. The van der Waals surface area contributed by atoms with Gasteiger partial charge in [-0.25, -0.2) is 4.79 Å². The van der Waals surface area contributed by atoms with E-state index in [-0.39, 0.29) is 108 Å². The second kappa shape index (κ2) is 42.0. The maximum absolute atomic E-state index is 14.8. The Morgan fingerprint density at radius 2 is 1.03 bits per heavy atom. The average Bonchev–Trinajstić information content (AvgIpc) is 1.73. The van der Waals surface area contributed by atoms with Crippen molar-refractivity contribution in [2.24, 2.45) is 55.2 Å². The Hall–Kier alpha value is -12.2. The molecule has 4 aromatic carbocycles. The molecule has 1 fully saturated rings. The van der Waals surface area contributed by atoms with Crippen molar-refractivity contribution >= 4 is 88.6 Å². The summed E-state index contributed by atoms with van der Waals surface area (Å²) in [6.45, 7) is -0.0364. The Balaban J connectivity index is 0.00000304. The van der Waals surface area contributed by atoms with Crippen LogP contribution in [0, 0.1) is 0 Å². The maximum Gasteiger partial charge on any atom is 0.490 e. The number of phenolic OH excluding ortho intramolecular Hbond substituents is 1. The SMILES string of the molecule is COc1ccc(C[C@@H](NC(=O)CCc2ccc(N=[N+]=[N-])cc2)C(=O)N[C@@H](Cc2ccccc2)C(=O)N[C@@H](CCC(N)=O)C(=O)N[C@@H](CC(N)=O)C(=O)N[C@@H](CCCN=C(N)N)C(=O)N2CCC[C@H]2C(=O)N[C@@H](CCCN=C(N)N)C(=O)N[C@@H](Cc2ccc(O)cc2)C(N)=O)cc1.O=C(O)C(F)(F)F. The summed E-state index contributed by atoms with van der Waals surface area (Å²) in [7, 11) is 1.48. The van der Waals surface area contributed by atoms with Crippen molar-refractivity contribution in [3.8, 4) is 11.5 Å². The number of hydrogen-bond acceptors (Lipinski definition) is 17. The first-order valence-corrected chi connectivity index (χ1v) is 32.0. The number of hydrogen-bond donors (Lipinski definition) is 16. The van der Waals surface area contributed by atoms with E-state index >= 15 is 0 Å². The number of aliphatic imine (C=N–C) groups is 2. The van der Waals surface area contributed by atoms with Gasteiger partial charge in [0, 0.05) is 62.3 Å². The van der Waals surface area contributed by atoms with E-state index in [0.29, 0.717) is 28.1 Å². The monoisotopic (exact) mass is 1440 g/mol. The van der Waals surface area contributed by atoms with E-state index in [1.54, 1.807) is 78.9 Å². The number of phenols is 1. The molecule has 1 aliphatic rings. The van der Waals surface area contributed by atoms with Gasteiger partial charge in [0.1, 0.15) is 59.8 Å². The number of nitrogens with zero attached hydrogens (tertiary/aromatic N) is 6. The number of nitrogens with one attached hydrogen (secondary N) is 7. The molecule has 0 unspecified atom stereocenters. The number of aliphatic carboxylic acids is 1. The molecule has 556 valence electrons. The minimum atomic E-state index is -5.08. The zero-order valence-corrected chi connectivity index (χ0v) is 56.0. The molecule has 1 saturated heterocycles. The van der Waals surface area contributed by atoms with Crippen LogP contribution in [0.4, 0.5) is 18.9 Å². The van der Waals surface area contributed by atoms with Gasteiger partial charge in [-0.2, -0.15) is 13.2 Å². The van der Waals surface area contributed by atoms with Crippen LogP contribution in [0.2, 0.25) is 0 Å².